The van der Waals surface area contributed by atoms with E-state index in [1.807, 2.05) is 23.6 Å². The molecule has 1 heterocycles. The Labute approximate surface area is 134 Å². The topological polar surface area (TPSA) is 55.1 Å². The lowest BCUT2D eigenvalue weighted by Crippen LogP contribution is -2.03. The first kappa shape index (κ1) is 16.0. The quantitative estimate of drug-likeness (QED) is 0.612. The molecule has 1 N–H and O–H groups in total. The minimum atomic E-state index is -0.903. The largest absolute Gasteiger partial charge is 0.481 e. The van der Waals surface area contributed by atoms with Crippen LogP contribution in [0.4, 0.5) is 4.39 Å². The van der Waals surface area contributed by atoms with Gasteiger partial charge in [-0.3, -0.25) is 4.79 Å². The van der Waals surface area contributed by atoms with E-state index in [-0.39, 0.29) is 11.6 Å². The molecule has 0 saturated heterocycles. The van der Waals surface area contributed by atoms with Crippen molar-refractivity contribution in [3.63, 3.8) is 0 Å². The van der Waals surface area contributed by atoms with Gasteiger partial charge in [-0.15, -0.1) is 0 Å². The fourth-order valence-corrected chi connectivity index (χ4v) is 3.01. The first-order chi connectivity index (χ1) is 10.0. The number of hydrogen-bond donors (Lipinski definition) is 1. The highest BCUT2D eigenvalue weighted by molar-refractivity contribution is 9.10. The number of benzene rings is 1. The lowest BCUT2D eigenvalue weighted by molar-refractivity contribution is -0.133. The molecular weight excluding hydrogens is 359 g/mol. The third kappa shape index (κ3) is 3.85. The van der Waals surface area contributed by atoms with Gasteiger partial charge in [-0.1, -0.05) is 23.9 Å². The van der Waals surface area contributed by atoms with Gasteiger partial charge in [0.1, 0.15) is 5.82 Å². The van der Waals surface area contributed by atoms with Gasteiger partial charge in [0.05, 0.1) is 21.3 Å². The molecule has 0 unspecified atom stereocenters. The number of fused-ring (bicyclic) bond motifs is 1. The Morgan fingerprint density at radius 3 is 3.00 bits per heavy atom. The van der Waals surface area contributed by atoms with Crippen LogP contribution in [0.5, 0.6) is 0 Å². The number of hydrogen-bond acceptors (Lipinski definition) is 3. The summed E-state index contributed by atoms with van der Waals surface area (Å²) in [5.41, 5.74) is 1.32. The SMILES string of the molecule is C/C=C/CCn1c(SCC(=O)O)nc2cc(Br)c(F)cc21. The van der Waals surface area contributed by atoms with E-state index in [1.54, 1.807) is 6.07 Å². The molecule has 4 nitrogen and oxygen atoms in total. The molecule has 2 rings (SSSR count). The average Bonchev–Trinajstić information content (AvgIpc) is 2.75. The second-order valence-electron chi connectivity index (χ2n) is 4.34. The van der Waals surface area contributed by atoms with Gasteiger partial charge in [-0.2, -0.15) is 0 Å². The van der Waals surface area contributed by atoms with Gasteiger partial charge >= 0.3 is 5.97 Å². The second-order valence-corrected chi connectivity index (χ2v) is 6.14. The number of halogens is 2. The van der Waals surface area contributed by atoms with E-state index in [4.69, 9.17) is 5.11 Å². The Balaban J connectivity index is 2.43. The number of carboxylic acids is 1. The highest BCUT2D eigenvalue weighted by Gasteiger charge is 2.14. The number of thioether (sulfide) groups is 1. The van der Waals surface area contributed by atoms with E-state index < -0.39 is 5.97 Å². The van der Waals surface area contributed by atoms with Crippen LogP contribution in [0.15, 0.2) is 33.9 Å². The smallest absolute Gasteiger partial charge is 0.313 e. The summed E-state index contributed by atoms with van der Waals surface area (Å²) in [4.78, 5) is 15.1. The van der Waals surface area contributed by atoms with Gasteiger partial charge in [0.15, 0.2) is 5.16 Å². The second kappa shape index (κ2) is 7.09. The van der Waals surface area contributed by atoms with Crippen molar-refractivity contribution in [3.8, 4) is 0 Å². The Morgan fingerprint density at radius 1 is 1.57 bits per heavy atom. The van der Waals surface area contributed by atoms with Gasteiger partial charge in [0, 0.05) is 12.6 Å². The summed E-state index contributed by atoms with van der Waals surface area (Å²) in [6, 6.07) is 3.04. The lowest BCUT2D eigenvalue weighted by atomic mass is 10.3. The molecule has 0 spiro atoms. The van der Waals surface area contributed by atoms with Gasteiger partial charge < -0.3 is 9.67 Å². The summed E-state index contributed by atoms with van der Waals surface area (Å²) in [7, 11) is 0. The summed E-state index contributed by atoms with van der Waals surface area (Å²) in [5, 5.41) is 9.40. The Kier molecular flexibility index (Phi) is 5.41. The summed E-state index contributed by atoms with van der Waals surface area (Å²) < 4.78 is 15.9. The highest BCUT2D eigenvalue weighted by Crippen LogP contribution is 2.28. The monoisotopic (exact) mass is 372 g/mol. The number of aliphatic carboxylic acids is 1. The molecule has 21 heavy (non-hydrogen) atoms. The number of rotatable bonds is 6. The summed E-state index contributed by atoms with van der Waals surface area (Å²) in [5.74, 6) is -1.33. The van der Waals surface area contributed by atoms with Crippen molar-refractivity contribution in [1.82, 2.24) is 9.55 Å². The number of carboxylic acid groups (broad SMARTS) is 1. The molecule has 0 aliphatic rings. The van der Waals surface area contributed by atoms with Crippen molar-refractivity contribution in [2.24, 2.45) is 0 Å². The predicted molar refractivity (Wildman–Crippen MR) is 85.2 cm³/mol. The third-order valence-electron chi connectivity index (χ3n) is 2.84. The molecule has 0 atom stereocenters. The van der Waals surface area contributed by atoms with Gasteiger partial charge in [0.2, 0.25) is 0 Å². The molecule has 0 amide bonds. The fourth-order valence-electron chi connectivity index (χ4n) is 1.92. The first-order valence-corrected chi connectivity index (χ1v) is 8.11. The fraction of sp³-hybridized carbons (Fsp3) is 0.286. The molecule has 112 valence electrons. The molecule has 0 bridgehead atoms. The van der Waals surface area contributed by atoms with Crippen LogP contribution in [0.2, 0.25) is 0 Å². The summed E-state index contributed by atoms with van der Waals surface area (Å²) in [6.07, 6.45) is 4.73. The standard InChI is InChI=1S/C14H14BrFN2O2S/c1-2-3-4-5-18-12-7-10(16)9(15)6-11(12)17-14(18)21-8-13(19)20/h2-3,6-7H,4-5,8H2,1H3,(H,19,20)/b3-2+. The van der Waals surface area contributed by atoms with E-state index in [9.17, 15) is 9.18 Å². The number of imidazole rings is 1. The van der Waals surface area contributed by atoms with E-state index in [2.05, 4.69) is 20.9 Å². The normalized spacial score (nSPS) is 11.6. The van der Waals surface area contributed by atoms with Crippen LogP contribution in [0, 0.1) is 5.82 Å². The number of nitrogens with zero attached hydrogens (tertiary/aromatic N) is 2. The zero-order chi connectivity index (χ0) is 15.4. The highest BCUT2D eigenvalue weighted by atomic mass is 79.9. The predicted octanol–water partition coefficient (Wildman–Crippen LogP) is 4.08. The van der Waals surface area contributed by atoms with E-state index in [0.717, 1.165) is 18.2 Å². The zero-order valence-corrected chi connectivity index (χ0v) is 13.7. The maximum absolute atomic E-state index is 13.7. The van der Waals surface area contributed by atoms with E-state index in [0.29, 0.717) is 27.2 Å². The van der Waals surface area contributed by atoms with Crippen molar-refractivity contribution < 1.29 is 14.3 Å². The maximum atomic E-state index is 13.7. The number of allylic oxidation sites excluding steroid dienone is 2. The Morgan fingerprint density at radius 2 is 2.33 bits per heavy atom. The first-order valence-electron chi connectivity index (χ1n) is 6.34. The Hall–Kier alpha value is -1.34. The van der Waals surface area contributed by atoms with Crippen LogP contribution in [0.25, 0.3) is 11.0 Å². The van der Waals surface area contributed by atoms with Gasteiger partial charge in [-0.05, 0) is 35.3 Å². The molecule has 0 radical (unpaired) electrons. The van der Waals surface area contributed by atoms with Crippen LogP contribution in [0.3, 0.4) is 0 Å². The minimum absolute atomic E-state index is 0.0728. The molecule has 2 aromatic rings. The van der Waals surface area contributed by atoms with Crippen molar-refractivity contribution in [2.75, 3.05) is 5.75 Å². The lowest BCUT2D eigenvalue weighted by Gasteiger charge is -2.06. The van der Waals surface area contributed by atoms with Gasteiger partial charge in [-0.25, -0.2) is 9.37 Å². The minimum Gasteiger partial charge on any atom is -0.481 e. The molecule has 0 fully saturated rings. The third-order valence-corrected chi connectivity index (χ3v) is 4.40. The molecule has 7 heteroatoms. The molecule has 0 aliphatic carbocycles. The van der Waals surface area contributed by atoms with Crippen molar-refractivity contribution in [3.05, 3.63) is 34.6 Å². The van der Waals surface area contributed by atoms with Gasteiger partial charge in [0.25, 0.3) is 0 Å². The van der Waals surface area contributed by atoms with Crippen LogP contribution < -0.4 is 0 Å². The molecular formula is C14H14BrFN2O2S. The number of aromatic nitrogens is 2. The summed E-state index contributed by atoms with van der Waals surface area (Å²) >= 11 is 4.28. The molecule has 0 saturated carbocycles. The number of aryl methyl sites for hydroxylation is 1. The van der Waals surface area contributed by atoms with Crippen LogP contribution in [0.1, 0.15) is 13.3 Å². The molecule has 0 aliphatic heterocycles. The molecule has 1 aromatic carbocycles. The zero-order valence-electron chi connectivity index (χ0n) is 11.3. The average molecular weight is 373 g/mol. The Bertz CT molecular complexity index is 700. The van der Waals surface area contributed by atoms with Crippen molar-refractivity contribution in [2.45, 2.75) is 25.0 Å². The van der Waals surface area contributed by atoms with Crippen molar-refractivity contribution in [1.29, 1.82) is 0 Å². The number of carbonyl (C=O) groups is 1. The maximum Gasteiger partial charge on any atom is 0.313 e. The molecule has 1 aromatic heterocycles. The van der Waals surface area contributed by atoms with Crippen LogP contribution >= 0.6 is 27.7 Å². The van der Waals surface area contributed by atoms with Crippen LogP contribution in [-0.2, 0) is 11.3 Å². The van der Waals surface area contributed by atoms with E-state index in [1.165, 1.54) is 6.07 Å². The van der Waals surface area contributed by atoms with E-state index >= 15 is 0 Å². The van der Waals surface area contributed by atoms with Crippen LogP contribution in [-0.4, -0.2) is 26.4 Å². The summed E-state index contributed by atoms with van der Waals surface area (Å²) in [6.45, 7) is 2.56. The van der Waals surface area contributed by atoms with Crippen molar-refractivity contribution >= 4 is 44.7 Å².